The standard InChI is InChI=1S/C12H14N2O3/c15-11(9-4-5-13-7-9)14-10-3-1-2-8(6-10)12(16)17/h1-3,6,9,13H,4-5,7H2,(H,14,15)(H,16,17). The molecule has 1 unspecified atom stereocenters. The average Bonchev–Trinajstić information content (AvgIpc) is 2.82. The lowest BCUT2D eigenvalue weighted by Gasteiger charge is -2.10. The fourth-order valence-electron chi connectivity index (χ4n) is 1.85. The molecule has 1 aliphatic heterocycles. The first-order valence-corrected chi connectivity index (χ1v) is 5.52. The third-order valence-electron chi connectivity index (χ3n) is 2.81. The maximum Gasteiger partial charge on any atom is 0.335 e. The van der Waals surface area contributed by atoms with Crippen LogP contribution in [-0.2, 0) is 4.79 Å². The Kier molecular flexibility index (Phi) is 3.39. The number of hydrogen-bond donors (Lipinski definition) is 3. The number of hydrogen-bond acceptors (Lipinski definition) is 3. The molecule has 1 amide bonds. The summed E-state index contributed by atoms with van der Waals surface area (Å²) < 4.78 is 0. The van der Waals surface area contributed by atoms with Crippen molar-refractivity contribution in [1.29, 1.82) is 0 Å². The molecule has 1 aromatic carbocycles. The van der Waals surface area contributed by atoms with Gasteiger partial charge in [0.05, 0.1) is 11.5 Å². The van der Waals surface area contributed by atoms with E-state index in [9.17, 15) is 9.59 Å². The molecule has 0 aliphatic carbocycles. The lowest BCUT2D eigenvalue weighted by molar-refractivity contribution is -0.119. The van der Waals surface area contributed by atoms with E-state index in [1.54, 1.807) is 12.1 Å². The first-order chi connectivity index (χ1) is 8.16. The summed E-state index contributed by atoms with van der Waals surface area (Å²) >= 11 is 0. The summed E-state index contributed by atoms with van der Waals surface area (Å²) in [6.07, 6.45) is 0.824. The number of benzene rings is 1. The molecule has 5 heteroatoms. The molecular formula is C12H14N2O3. The predicted octanol–water partition coefficient (Wildman–Crippen LogP) is 0.933. The second kappa shape index (κ2) is 4.97. The Bertz CT molecular complexity index is 439. The number of rotatable bonds is 3. The molecule has 0 saturated carbocycles. The Morgan fingerprint density at radius 2 is 2.24 bits per heavy atom. The van der Waals surface area contributed by atoms with Gasteiger partial charge >= 0.3 is 5.97 Å². The van der Waals surface area contributed by atoms with E-state index in [1.807, 2.05) is 0 Å². The van der Waals surface area contributed by atoms with E-state index in [1.165, 1.54) is 12.1 Å². The van der Waals surface area contributed by atoms with Crippen LogP contribution in [0.5, 0.6) is 0 Å². The molecular weight excluding hydrogens is 220 g/mol. The van der Waals surface area contributed by atoms with Crippen molar-refractivity contribution in [2.24, 2.45) is 5.92 Å². The molecule has 2 rings (SSSR count). The molecule has 0 bridgehead atoms. The third-order valence-corrected chi connectivity index (χ3v) is 2.81. The van der Waals surface area contributed by atoms with Gasteiger partial charge in [-0.05, 0) is 31.2 Å². The minimum absolute atomic E-state index is 0.0246. The maximum atomic E-state index is 11.8. The highest BCUT2D eigenvalue weighted by atomic mass is 16.4. The molecule has 0 radical (unpaired) electrons. The van der Waals surface area contributed by atoms with Crippen molar-refractivity contribution in [3.8, 4) is 0 Å². The van der Waals surface area contributed by atoms with Crippen LogP contribution in [0.4, 0.5) is 5.69 Å². The van der Waals surface area contributed by atoms with Crippen molar-refractivity contribution in [2.45, 2.75) is 6.42 Å². The van der Waals surface area contributed by atoms with Crippen molar-refractivity contribution in [2.75, 3.05) is 18.4 Å². The SMILES string of the molecule is O=C(O)c1cccc(NC(=O)C2CCNC2)c1. The van der Waals surface area contributed by atoms with E-state index < -0.39 is 5.97 Å². The normalized spacial score (nSPS) is 18.9. The van der Waals surface area contributed by atoms with Crippen LogP contribution in [0.3, 0.4) is 0 Å². The van der Waals surface area contributed by atoms with Crippen molar-refractivity contribution < 1.29 is 14.7 Å². The predicted molar refractivity (Wildman–Crippen MR) is 63.0 cm³/mol. The second-order valence-electron chi connectivity index (χ2n) is 4.06. The van der Waals surface area contributed by atoms with Gasteiger partial charge in [-0.1, -0.05) is 6.07 Å². The van der Waals surface area contributed by atoms with Gasteiger partial charge in [-0.3, -0.25) is 4.79 Å². The Hall–Kier alpha value is -1.88. The fraction of sp³-hybridized carbons (Fsp3) is 0.333. The van der Waals surface area contributed by atoms with Gasteiger partial charge in [-0.25, -0.2) is 4.79 Å². The number of aromatic carboxylic acids is 1. The van der Waals surface area contributed by atoms with Crippen molar-refractivity contribution in [3.63, 3.8) is 0 Å². The number of carboxylic acids is 1. The lowest BCUT2D eigenvalue weighted by atomic mass is 10.1. The highest BCUT2D eigenvalue weighted by Crippen LogP contribution is 2.14. The zero-order valence-electron chi connectivity index (χ0n) is 9.27. The number of anilines is 1. The van der Waals surface area contributed by atoms with Crippen LogP contribution < -0.4 is 10.6 Å². The molecule has 17 heavy (non-hydrogen) atoms. The van der Waals surface area contributed by atoms with Gasteiger partial charge in [0.2, 0.25) is 5.91 Å². The Morgan fingerprint density at radius 3 is 2.88 bits per heavy atom. The van der Waals surface area contributed by atoms with Crippen LogP contribution in [0, 0.1) is 5.92 Å². The highest BCUT2D eigenvalue weighted by molar-refractivity contribution is 5.95. The number of nitrogens with one attached hydrogen (secondary N) is 2. The molecule has 0 aromatic heterocycles. The van der Waals surface area contributed by atoms with Crippen molar-refractivity contribution in [3.05, 3.63) is 29.8 Å². The van der Waals surface area contributed by atoms with Crippen LogP contribution in [0.15, 0.2) is 24.3 Å². The lowest BCUT2D eigenvalue weighted by Crippen LogP contribution is -2.24. The molecule has 1 aromatic rings. The Labute approximate surface area is 98.8 Å². The van der Waals surface area contributed by atoms with E-state index in [2.05, 4.69) is 10.6 Å². The number of amides is 1. The average molecular weight is 234 g/mol. The molecule has 1 heterocycles. The van der Waals surface area contributed by atoms with Gasteiger partial charge in [0, 0.05) is 12.2 Å². The summed E-state index contributed by atoms with van der Waals surface area (Å²) in [6, 6.07) is 6.26. The van der Waals surface area contributed by atoms with Crippen LogP contribution in [0.25, 0.3) is 0 Å². The van der Waals surface area contributed by atoms with Gasteiger partial charge < -0.3 is 15.7 Å². The summed E-state index contributed by atoms with van der Waals surface area (Å²) in [5.74, 6) is -1.08. The molecule has 0 spiro atoms. The minimum Gasteiger partial charge on any atom is -0.478 e. The Balaban J connectivity index is 2.05. The molecule has 1 fully saturated rings. The second-order valence-corrected chi connectivity index (χ2v) is 4.06. The van der Waals surface area contributed by atoms with Gasteiger partial charge in [0.15, 0.2) is 0 Å². The fourth-order valence-corrected chi connectivity index (χ4v) is 1.85. The zero-order chi connectivity index (χ0) is 12.3. The molecule has 90 valence electrons. The minimum atomic E-state index is -0.997. The van der Waals surface area contributed by atoms with Gasteiger partial charge in [0.25, 0.3) is 0 Å². The summed E-state index contributed by atoms with van der Waals surface area (Å²) in [5, 5.41) is 14.7. The van der Waals surface area contributed by atoms with Gasteiger partial charge in [-0.2, -0.15) is 0 Å². The largest absolute Gasteiger partial charge is 0.478 e. The molecule has 1 saturated heterocycles. The molecule has 1 atom stereocenters. The summed E-state index contributed by atoms with van der Waals surface area (Å²) in [7, 11) is 0. The number of carbonyl (C=O) groups is 2. The summed E-state index contributed by atoms with van der Waals surface area (Å²) in [6.45, 7) is 1.54. The van der Waals surface area contributed by atoms with E-state index in [-0.39, 0.29) is 17.4 Å². The van der Waals surface area contributed by atoms with Crippen LogP contribution >= 0.6 is 0 Å². The first-order valence-electron chi connectivity index (χ1n) is 5.52. The number of carboxylic acid groups (broad SMARTS) is 1. The molecule has 5 nitrogen and oxygen atoms in total. The molecule has 3 N–H and O–H groups in total. The van der Waals surface area contributed by atoms with Crippen LogP contribution in [-0.4, -0.2) is 30.1 Å². The Morgan fingerprint density at radius 1 is 1.41 bits per heavy atom. The van der Waals surface area contributed by atoms with E-state index in [4.69, 9.17) is 5.11 Å². The van der Waals surface area contributed by atoms with E-state index in [0.29, 0.717) is 12.2 Å². The van der Waals surface area contributed by atoms with E-state index >= 15 is 0 Å². The monoisotopic (exact) mass is 234 g/mol. The zero-order valence-corrected chi connectivity index (χ0v) is 9.27. The highest BCUT2D eigenvalue weighted by Gasteiger charge is 2.22. The first kappa shape index (κ1) is 11.6. The van der Waals surface area contributed by atoms with Crippen molar-refractivity contribution in [1.82, 2.24) is 5.32 Å². The van der Waals surface area contributed by atoms with Crippen LogP contribution in [0.1, 0.15) is 16.8 Å². The van der Waals surface area contributed by atoms with Crippen LogP contribution in [0.2, 0.25) is 0 Å². The summed E-state index contributed by atoms with van der Waals surface area (Å²) in [5.41, 5.74) is 0.703. The van der Waals surface area contributed by atoms with Gasteiger partial charge in [-0.15, -0.1) is 0 Å². The quantitative estimate of drug-likeness (QED) is 0.727. The molecule has 1 aliphatic rings. The summed E-state index contributed by atoms with van der Waals surface area (Å²) in [4.78, 5) is 22.6. The van der Waals surface area contributed by atoms with Gasteiger partial charge in [0.1, 0.15) is 0 Å². The topological polar surface area (TPSA) is 78.4 Å². The van der Waals surface area contributed by atoms with E-state index in [0.717, 1.165) is 13.0 Å². The third kappa shape index (κ3) is 2.82. The van der Waals surface area contributed by atoms with Crippen molar-refractivity contribution >= 4 is 17.6 Å². The number of carbonyl (C=O) groups excluding carboxylic acids is 1. The maximum absolute atomic E-state index is 11.8. The smallest absolute Gasteiger partial charge is 0.335 e.